The molecule has 0 saturated carbocycles. The van der Waals surface area contributed by atoms with E-state index in [1.807, 2.05) is 0 Å². The maximum atomic E-state index is 12.0. The zero-order valence-electron chi connectivity index (χ0n) is 20.8. The van der Waals surface area contributed by atoms with Gasteiger partial charge in [0.25, 0.3) is 0 Å². The molecule has 1 aliphatic rings. The molecule has 0 bridgehead atoms. The van der Waals surface area contributed by atoms with Crippen molar-refractivity contribution in [3.63, 3.8) is 0 Å². The van der Waals surface area contributed by atoms with E-state index in [4.69, 9.17) is 27.9 Å². The quantitative estimate of drug-likeness (QED) is 0.341. The van der Waals surface area contributed by atoms with Gasteiger partial charge >= 0.3 is 7.82 Å². The Balaban J connectivity index is 3.35. The van der Waals surface area contributed by atoms with E-state index < -0.39 is 55.6 Å². The van der Waals surface area contributed by atoms with E-state index in [1.54, 1.807) is 0 Å². The lowest BCUT2D eigenvalue weighted by Crippen LogP contribution is -2.56. The fourth-order valence-corrected chi connectivity index (χ4v) is 5.40. The van der Waals surface area contributed by atoms with E-state index in [9.17, 15) is 9.36 Å². The fourth-order valence-electron chi connectivity index (χ4n) is 2.65. The zero-order chi connectivity index (χ0) is 24.6. The maximum Gasteiger partial charge on any atom is 0.469 e. The summed E-state index contributed by atoms with van der Waals surface area (Å²) in [6, 6.07) is -0.673. The number of hydrogen-bond acceptors (Lipinski definition) is 6. The molecule has 1 rings (SSSR count). The third-order valence-electron chi connectivity index (χ3n) is 6.56. The van der Waals surface area contributed by atoms with Gasteiger partial charge in [0.2, 0.25) is 5.91 Å². The van der Waals surface area contributed by atoms with Crippen LogP contribution in [0.3, 0.4) is 0 Å². The summed E-state index contributed by atoms with van der Waals surface area (Å²) in [5.74, 6) is -0.299. The van der Waals surface area contributed by atoms with Gasteiger partial charge in [-0.05, 0) is 36.3 Å². The van der Waals surface area contributed by atoms with Gasteiger partial charge in [0, 0.05) is 6.92 Å². The van der Waals surface area contributed by atoms with Crippen LogP contribution in [0.15, 0.2) is 0 Å². The van der Waals surface area contributed by atoms with Gasteiger partial charge in [-0.2, -0.15) is 0 Å². The molecule has 1 fully saturated rings. The predicted octanol–water partition coefficient (Wildman–Crippen LogP) is 3.74. The highest BCUT2D eigenvalue weighted by atomic mass is 31.2. The predicted molar refractivity (Wildman–Crippen MR) is 125 cm³/mol. The molecule has 31 heavy (non-hydrogen) atoms. The molecule has 9 nitrogen and oxygen atoms in total. The van der Waals surface area contributed by atoms with Crippen LogP contribution in [-0.4, -0.2) is 63.5 Å². The number of phosphoric ester groups is 1. The van der Waals surface area contributed by atoms with Gasteiger partial charge in [0.05, 0.1) is 12.6 Å². The van der Waals surface area contributed by atoms with Crippen molar-refractivity contribution < 1.29 is 37.3 Å². The Labute approximate surface area is 189 Å². The van der Waals surface area contributed by atoms with Gasteiger partial charge in [0.1, 0.15) is 12.2 Å². The van der Waals surface area contributed by atoms with Crippen LogP contribution in [0, 0.1) is 0 Å². The van der Waals surface area contributed by atoms with Crippen LogP contribution >= 0.6 is 7.82 Å². The van der Waals surface area contributed by atoms with Crippen molar-refractivity contribution in [3.05, 3.63) is 0 Å². The van der Waals surface area contributed by atoms with E-state index in [-0.39, 0.29) is 16.0 Å². The molecule has 1 unspecified atom stereocenters. The Morgan fingerprint density at radius 3 is 1.84 bits per heavy atom. The lowest BCUT2D eigenvalue weighted by Gasteiger charge is -2.43. The lowest BCUT2D eigenvalue weighted by molar-refractivity contribution is -0.121. The summed E-state index contributed by atoms with van der Waals surface area (Å²) < 4.78 is 35.3. The first-order valence-electron chi connectivity index (χ1n) is 10.6. The number of nitrogens with one attached hydrogen (secondary N) is 1. The molecule has 3 N–H and O–H groups in total. The van der Waals surface area contributed by atoms with Crippen molar-refractivity contribution in [2.24, 2.45) is 0 Å². The normalized spacial score (nSPS) is 26.2. The number of phosphoric acid groups is 1. The van der Waals surface area contributed by atoms with Crippen LogP contribution < -0.4 is 5.32 Å². The van der Waals surface area contributed by atoms with Crippen molar-refractivity contribution in [2.75, 3.05) is 6.61 Å². The van der Waals surface area contributed by atoms with Gasteiger partial charge < -0.3 is 28.7 Å². The van der Waals surface area contributed by atoms with Crippen molar-refractivity contribution in [2.45, 2.75) is 109 Å². The molecule has 0 aromatic carbocycles. The molecule has 4 atom stereocenters. The van der Waals surface area contributed by atoms with Crippen LogP contribution in [0.4, 0.5) is 0 Å². The Morgan fingerprint density at radius 1 is 1.00 bits per heavy atom. The summed E-state index contributed by atoms with van der Waals surface area (Å²) in [6.45, 7) is 22.0. The summed E-state index contributed by atoms with van der Waals surface area (Å²) in [7, 11) is -9.30. The highest BCUT2D eigenvalue weighted by molar-refractivity contribution is 7.46. The average molecular weight is 500 g/mol. The number of rotatable bonds is 8. The number of amides is 1. The van der Waals surface area contributed by atoms with Crippen molar-refractivity contribution in [1.29, 1.82) is 0 Å². The first kappa shape index (κ1) is 28.9. The van der Waals surface area contributed by atoms with Crippen molar-refractivity contribution in [3.8, 4) is 0 Å². The van der Waals surface area contributed by atoms with E-state index in [0.29, 0.717) is 0 Å². The maximum absolute atomic E-state index is 12.0. The second kappa shape index (κ2) is 9.64. The smallest absolute Gasteiger partial charge is 0.407 e. The standard InChI is InChI=1S/C19H42NO8PSi2/c1-13(21)20-15-14(12-25-29(22,23)24)26-17(28-31(10,11)19(5,6)7)16(15)27-30(8,9)18(2,3)4/h14-17H,12H2,1-11H3,(H,20,21)(H2,22,23,24)/t14-,15+,16?,17-/m1/s1. The minimum Gasteiger partial charge on any atom is -0.407 e. The molecule has 0 aliphatic carbocycles. The van der Waals surface area contributed by atoms with E-state index in [0.717, 1.165) is 0 Å². The minimum atomic E-state index is -4.71. The van der Waals surface area contributed by atoms with Gasteiger partial charge in [-0.1, -0.05) is 41.5 Å². The molecule has 0 radical (unpaired) electrons. The molecule has 0 aromatic heterocycles. The summed E-state index contributed by atoms with van der Waals surface area (Å²) in [5, 5.41) is 2.65. The Kier molecular flexibility index (Phi) is 8.99. The number of hydrogen-bond donors (Lipinski definition) is 3. The topological polar surface area (TPSA) is 124 Å². The second-order valence-corrected chi connectivity index (χ2v) is 22.0. The van der Waals surface area contributed by atoms with E-state index in [2.05, 4.69) is 73.0 Å². The van der Waals surface area contributed by atoms with Crippen molar-refractivity contribution in [1.82, 2.24) is 5.32 Å². The van der Waals surface area contributed by atoms with Crippen LogP contribution in [-0.2, 0) is 27.5 Å². The largest absolute Gasteiger partial charge is 0.469 e. The fraction of sp³-hybridized carbons (Fsp3) is 0.947. The number of ether oxygens (including phenoxy) is 1. The molecule has 0 aromatic rings. The molecule has 1 aliphatic heterocycles. The molecule has 12 heteroatoms. The monoisotopic (exact) mass is 499 g/mol. The minimum absolute atomic E-state index is 0.0954. The molecule has 1 saturated heterocycles. The van der Waals surface area contributed by atoms with Crippen LogP contribution in [0.25, 0.3) is 0 Å². The van der Waals surface area contributed by atoms with Crippen molar-refractivity contribution >= 4 is 30.4 Å². The first-order chi connectivity index (χ1) is 13.6. The highest BCUT2D eigenvalue weighted by Gasteiger charge is 2.54. The van der Waals surface area contributed by atoms with E-state index >= 15 is 0 Å². The Morgan fingerprint density at radius 2 is 1.45 bits per heavy atom. The number of carbonyl (C=O) groups is 1. The molecule has 1 amide bonds. The lowest BCUT2D eigenvalue weighted by atomic mass is 10.1. The molecule has 184 valence electrons. The third-order valence-corrected chi connectivity index (χ3v) is 16.0. The summed E-state index contributed by atoms with van der Waals surface area (Å²) >= 11 is 0. The number of carbonyl (C=O) groups excluding carboxylic acids is 1. The highest BCUT2D eigenvalue weighted by Crippen LogP contribution is 2.44. The average Bonchev–Trinajstić information content (AvgIpc) is 2.78. The Hall–Kier alpha value is -0.106. The molecular formula is C19H42NO8PSi2. The van der Waals surface area contributed by atoms with Gasteiger partial charge in [-0.3, -0.25) is 9.32 Å². The third kappa shape index (κ3) is 8.01. The molecular weight excluding hydrogens is 457 g/mol. The van der Waals surface area contributed by atoms with Gasteiger partial charge in [-0.15, -0.1) is 0 Å². The van der Waals surface area contributed by atoms with Gasteiger partial charge in [-0.25, -0.2) is 4.57 Å². The first-order valence-corrected chi connectivity index (χ1v) is 17.9. The summed E-state index contributed by atoms with van der Waals surface area (Å²) in [4.78, 5) is 30.3. The summed E-state index contributed by atoms with van der Waals surface area (Å²) in [5.41, 5.74) is 0. The van der Waals surface area contributed by atoms with Crippen LogP contribution in [0.1, 0.15) is 48.5 Å². The van der Waals surface area contributed by atoms with Gasteiger partial charge in [0.15, 0.2) is 22.9 Å². The molecule has 1 heterocycles. The van der Waals surface area contributed by atoms with Crippen LogP contribution in [0.2, 0.25) is 36.3 Å². The zero-order valence-corrected chi connectivity index (χ0v) is 23.7. The SMILES string of the molecule is CC(=O)N[C@@H]1C(O[Si](C)(C)C(C)(C)C)[C@@H](O[Si](C)(C)C(C)(C)C)O[C@@H]1COP(=O)(O)O. The van der Waals surface area contributed by atoms with E-state index in [1.165, 1.54) is 6.92 Å². The second-order valence-electron chi connectivity index (χ2n) is 11.3. The van der Waals surface area contributed by atoms with Crippen LogP contribution in [0.5, 0.6) is 0 Å². The Bertz CT molecular complexity index is 683. The summed E-state index contributed by atoms with van der Waals surface area (Å²) in [6.07, 6.45) is -2.26. The molecule has 0 spiro atoms.